The van der Waals surface area contributed by atoms with E-state index in [0.29, 0.717) is 12.0 Å². The number of hydrogen-bond donors (Lipinski definition) is 0. The first-order valence-electron chi connectivity index (χ1n) is 5.81. The molecule has 0 aromatic heterocycles. The smallest absolute Gasteiger partial charge is 0.123 e. The Morgan fingerprint density at radius 2 is 1.71 bits per heavy atom. The zero-order valence-corrected chi connectivity index (χ0v) is 9.37. The molecule has 2 heteroatoms. The van der Waals surface area contributed by atoms with Crippen LogP contribution in [0.1, 0.15) is 46.0 Å². The van der Waals surface area contributed by atoms with Crippen molar-refractivity contribution in [2.75, 3.05) is 6.61 Å². The average Bonchev–Trinajstić information content (AvgIpc) is 3.06. The van der Waals surface area contributed by atoms with E-state index in [0.717, 1.165) is 18.8 Å². The summed E-state index contributed by atoms with van der Waals surface area (Å²) in [7, 11) is 0. The van der Waals surface area contributed by atoms with Crippen molar-refractivity contribution in [3.05, 3.63) is 0 Å². The minimum absolute atomic E-state index is 0.333. The van der Waals surface area contributed by atoms with Crippen molar-refractivity contribution in [2.24, 2.45) is 11.8 Å². The largest absolute Gasteiger partial charge is 0.373 e. The Kier molecular flexibility index (Phi) is 5.16. The SMILES string of the molecule is C1CC1.CC(C=O)C1CC1.CC1CO1. The molecular weight excluding hydrogens is 176 g/mol. The molecule has 3 aliphatic rings. The molecule has 0 radical (unpaired) electrons. The predicted molar refractivity (Wildman–Crippen MR) is 57.2 cm³/mol. The second-order valence-electron chi connectivity index (χ2n) is 4.54. The van der Waals surface area contributed by atoms with Gasteiger partial charge in [0.05, 0.1) is 12.7 Å². The van der Waals surface area contributed by atoms with Crippen LogP contribution < -0.4 is 0 Å². The minimum Gasteiger partial charge on any atom is -0.373 e. The van der Waals surface area contributed by atoms with E-state index < -0.39 is 0 Å². The van der Waals surface area contributed by atoms with Crippen LogP contribution in [0.25, 0.3) is 0 Å². The summed E-state index contributed by atoms with van der Waals surface area (Å²) in [6.07, 6.45) is 8.69. The lowest BCUT2D eigenvalue weighted by Gasteiger charge is -1.93. The molecule has 2 nitrogen and oxygen atoms in total. The summed E-state index contributed by atoms with van der Waals surface area (Å²) in [5.74, 6) is 1.08. The molecule has 2 unspecified atom stereocenters. The van der Waals surface area contributed by atoms with Crippen molar-refractivity contribution in [1.82, 2.24) is 0 Å². The number of aldehydes is 1. The molecule has 0 spiro atoms. The lowest BCUT2D eigenvalue weighted by molar-refractivity contribution is -0.111. The van der Waals surface area contributed by atoms with Gasteiger partial charge in [-0.3, -0.25) is 0 Å². The Morgan fingerprint density at radius 3 is 1.79 bits per heavy atom. The molecule has 2 atom stereocenters. The van der Waals surface area contributed by atoms with Gasteiger partial charge in [0.15, 0.2) is 0 Å². The van der Waals surface area contributed by atoms with Crippen LogP contribution in [0.3, 0.4) is 0 Å². The number of hydrogen-bond acceptors (Lipinski definition) is 2. The van der Waals surface area contributed by atoms with Crippen molar-refractivity contribution in [3.63, 3.8) is 0 Å². The third-order valence-electron chi connectivity index (χ3n) is 2.43. The first kappa shape index (κ1) is 11.7. The van der Waals surface area contributed by atoms with E-state index in [1.807, 2.05) is 6.92 Å². The number of carbonyl (C=O) groups is 1. The van der Waals surface area contributed by atoms with Crippen molar-refractivity contribution in [3.8, 4) is 0 Å². The molecule has 1 saturated heterocycles. The summed E-state index contributed by atoms with van der Waals surface area (Å²) < 4.78 is 4.71. The summed E-state index contributed by atoms with van der Waals surface area (Å²) in [5, 5.41) is 0. The monoisotopic (exact) mass is 198 g/mol. The highest BCUT2D eigenvalue weighted by molar-refractivity contribution is 5.53. The lowest BCUT2D eigenvalue weighted by atomic mass is 10.1. The van der Waals surface area contributed by atoms with Gasteiger partial charge in [-0.15, -0.1) is 0 Å². The molecular formula is C12H22O2. The van der Waals surface area contributed by atoms with Crippen LogP contribution >= 0.6 is 0 Å². The van der Waals surface area contributed by atoms with Crippen LogP contribution in [0.4, 0.5) is 0 Å². The van der Waals surface area contributed by atoms with Gasteiger partial charge in [-0.05, 0) is 25.7 Å². The zero-order valence-electron chi connectivity index (χ0n) is 9.37. The molecule has 3 fully saturated rings. The van der Waals surface area contributed by atoms with E-state index in [9.17, 15) is 4.79 Å². The maximum Gasteiger partial charge on any atom is 0.123 e. The van der Waals surface area contributed by atoms with Gasteiger partial charge >= 0.3 is 0 Å². The summed E-state index contributed by atoms with van der Waals surface area (Å²) in [6, 6.07) is 0. The Labute approximate surface area is 87.0 Å². The summed E-state index contributed by atoms with van der Waals surface area (Å²) in [4.78, 5) is 9.99. The Balaban J connectivity index is 0.000000117. The summed E-state index contributed by atoms with van der Waals surface area (Å²) in [5.41, 5.74) is 0. The Morgan fingerprint density at radius 1 is 1.29 bits per heavy atom. The molecule has 1 aliphatic heterocycles. The second kappa shape index (κ2) is 6.18. The fourth-order valence-electron chi connectivity index (χ4n) is 0.829. The van der Waals surface area contributed by atoms with Gasteiger partial charge in [0.2, 0.25) is 0 Å². The van der Waals surface area contributed by atoms with Gasteiger partial charge in [-0.25, -0.2) is 0 Å². The maximum absolute atomic E-state index is 9.99. The predicted octanol–water partition coefficient (Wildman–Crippen LogP) is 2.81. The molecule has 1 heterocycles. The fraction of sp³-hybridized carbons (Fsp3) is 0.917. The second-order valence-corrected chi connectivity index (χ2v) is 4.54. The van der Waals surface area contributed by atoms with E-state index in [1.54, 1.807) is 0 Å². The molecule has 2 saturated carbocycles. The maximum atomic E-state index is 9.99. The number of ether oxygens (including phenoxy) is 1. The molecule has 82 valence electrons. The quantitative estimate of drug-likeness (QED) is 0.504. The number of epoxide rings is 1. The van der Waals surface area contributed by atoms with E-state index in [2.05, 4.69) is 6.92 Å². The molecule has 0 aromatic carbocycles. The highest BCUT2D eigenvalue weighted by Gasteiger charge is 2.26. The van der Waals surface area contributed by atoms with Crippen molar-refractivity contribution >= 4 is 6.29 Å². The van der Waals surface area contributed by atoms with Gasteiger partial charge < -0.3 is 9.53 Å². The highest BCUT2D eigenvalue weighted by Crippen LogP contribution is 2.35. The summed E-state index contributed by atoms with van der Waals surface area (Å²) >= 11 is 0. The number of rotatable bonds is 2. The van der Waals surface area contributed by atoms with Gasteiger partial charge in [0, 0.05) is 5.92 Å². The standard InChI is InChI=1S/C6H10O.C3H6O.C3H6/c1-5(4-7)6-2-3-6;1-3-2-4-3;1-2-3-1/h4-6H,2-3H2,1H3;3H,2H2,1H3;1-3H2. The molecule has 0 N–H and O–H groups in total. The Bertz CT molecular complexity index is 155. The van der Waals surface area contributed by atoms with Crippen LogP contribution in [0.2, 0.25) is 0 Å². The number of carbonyl (C=O) groups excluding carboxylic acids is 1. The normalized spacial score (nSPS) is 28.6. The molecule has 14 heavy (non-hydrogen) atoms. The highest BCUT2D eigenvalue weighted by atomic mass is 16.6. The molecule has 0 aromatic rings. The van der Waals surface area contributed by atoms with Crippen LogP contribution in [0, 0.1) is 11.8 Å². The van der Waals surface area contributed by atoms with E-state index in [-0.39, 0.29) is 0 Å². The molecule has 2 aliphatic carbocycles. The third kappa shape index (κ3) is 8.24. The van der Waals surface area contributed by atoms with Gasteiger partial charge in [-0.1, -0.05) is 26.2 Å². The van der Waals surface area contributed by atoms with Gasteiger partial charge in [-0.2, -0.15) is 0 Å². The van der Waals surface area contributed by atoms with Crippen LogP contribution in [0.15, 0.2) is 0 Å². The first-order chi connectivity index (χ1) is 6.74. The van der Waals surface area contributed by atoms with E-state index in [1.165, 1.54) is 32.1 Å². The Hall–Kier alpha value is -0.370. The topological polar surface area (TPSA) is 29.6 Å². The van der Waals surface area contributed by atoms with Crippen LogP contribution in [0.5, 0.6) is 0 Å². The van der Waals surface area contributed by atoms with Crippen molar-refractivity contribution in [1.29, 1.82) is 0 Å². The first-order valence-corrected chi connectivity index (χ1v) is 5.81. The average molecular weight is 198 g/mol. The molecule has 0 amide bonds. The van der Waals surface area contributed by atoms with Crippen molar-refractivity contribution in [2.45, 2.75) is 52.1 Å². The fourth-order valence-corrected chi connectivity index (χ4v) is 0.829. The van der Waals surface area contributed by atoms with E-state index in [4.69, 9.17) is 4.74 Å². The summed E-state index contributed by atoms with van der Waals surface area (Å²) in [6.45, 7) is 5.03. The molecule has 0 bridgehead atoms. The van der Waals surface area contributed by atoms with Crippen LogP contribution in [-0.2, 0) is 9.53 Å². The van der Waals surface area contributed by atoms with E-state index >= 15 is 0 Å². The minimum atomic E-state index is 0.333. The van der Waals surface area contributed by atoms with Crippen molar-refractivity contribution < 1.29 is 9.53 Å². The third-order valence-corrected chi connectivity index (χ3v) is 2.43. The molecule has 3 rings (SSSR count). The van der Waals surface area contributed by atoms with Crippen LogP contribution in [-0.4, -0.2) is 19.0 Å². The van der Waals surface area contributed by atoms with Gasteiger partial charge in [0.1, 0.15) is 6.29 Å². The van der Waals surface area contributed by atoms with Gasteiger partial charge in [0.25, 0.3) is 0 Å². The zero-order chi connectivity index (χ0) is 10.4. The lowest BCUT2D eigenvalue weighted by Crippen LogP contribution is -1.95.